The molecule has 3 aromatic rings. The molecule has 6 nitrogen and oxygen atoms in total. The van der Waals surface area contributed by atoms with Gasteiger partial charge in [-0.2, -0.15) is 0 Å². The van der Waals surface area contributed by atoms with Crippen LogP contribution in [0.25, 0.3) is 23.1 Å². The lowest BCUT2D eigenvalue weighted by molar-refractivity contribution is 0.410. The highest BCUT2D eigenvalue weighted by Gasteiger charge is 2.22. The topological polar surface area (TPSA) is 102 Å². The van der Waals surface area contributed by atoms with Gasteiger partial charge in [0.1, 0.15) is 5.82 Å². The monoisotopic (exact) mass is 506 g/mol. The smallest absolute Gasteiger partial charge is 0.186 e. The molecule has 2 atom stereocenters. The second-order valence-corrected chi connectivity index (χ2v) is 8.49. The second kappa shape index (κ2) is 12.1. The van der Waals surface area contributed by atoms with Crippen LogP contribution in [0.2, 0.25) is 5.02 Å². The molecule has 5 N–H and O–H groups in total. The third-order valence-corrected chi connectivity index (χ3v) is 5.73. The first-order chi connectivity index (χ1) is 15.0. The van der Waals surface area contributed by atoms with Crippen LogP contribution >= 0.6 is 36.4 Å². The Hall–Kier alpha value is -2.54. The van der Waals surface area contributed by atoms with Crippen LogP contribution in [0.4, 0.5) is 5.82 Å². The van der Waals surface area contributed by atoms with Crippen molar-refractivity contribution in [1.82, 2.24) is 9.97 Å². The van der Waals surface area contributed by atoms with Crippen molar-refractivity contribution in [1.29, 1.82) is 0 Å². The summed E-state index contributed by atoms with van der Waals surface area (Å²) in [5.41, 5.74) is 14.3. The van der Waals surface area contributed by atoms with Crippen LogP contribution in [0.15, 0.2) is 47.5 Å². The fraction of sp³-hybridized carbons (Fsp3) is 0.292. The van der Waals surface area contributed by atoms with Crippen molar-refractivity contribution >= 4 is 71.2 Å². The number of aliphatic imine (C=N–C) groups is 1. The number of anilines is 1. The highest BCUT2D eigenvalue weighted by Crippen LogP contribution is 2.28. The Morgan fingerprint density at radius 3 is 2.55 bits per heavy atom. The normalized spacial score (nSPS) is 17.8. The van der Waals surface area contributed by atoms with Crippen LogP contribution in [0, 0.1) is 6.92 Å². The molecule has 0 amide bonds. The number of halogens is 3. The first kappa shape index (κ1) is 26.7. The Labute approximate surface area is 211 Å². The van der Waals surface area contributed by atoms with Gasteiger partial charge in [-0.25, -0.2) is 9.97 Å². The summed E-state index contributed by atoms with van der Waals surface area (Å²) >= 11 is 5.98. The average Bonchev–Trinajstić information content (AvgIpc) is 2.73. The molecule has 1 heterocycles. The van der Waals surface area contributed by atoms with Crippen molar-refractivity contribution in [2.45, 2.75) is 44.7 Å². The predicted octanol–water partition coefficient (Wildman–Crippen LogP) is 5.60. The van der Waals surface area contributed by atoms with Gasteiger partial charge in [0.2, 0.25) is 0 Å². The van der Waals surface area contributed by atoms with E-state index in [0.717, 1.165) is 48.0 Å². The summed E-state index contributed by atoms with van der Waals surface area (Å²) < 4.78 is 0. The maximum absolute atomic E-state index is 5.98. The summed E-state index contributed by atoms with van der Waals surface area (Å²) in [7, 11) is 0. The van der Waals surface area contributed by atoms with Gasteiger partial charge in [-0.05, 0) is 68.5 Å². The summed E-state index contributed by atoms with van der Waals surface area (Å²) in [6.07, 6.45) is 7.94. The van der Waals surface area contributed by atoms with E-state index >= 15 is 0 Å². The SMILES string of the molecule is Cc1ccc2nc(C=Cc3ccc(Cl)cc3)nc(N[C@H]3CCC[C@@H](N=C(N)N)C3)c2c1.Cl.Cl. The molecule has 0 spiro atoms. The maximum atomic E-state index is 5.98. The minimum Gasteiger partial charge on any atom is -0.370 e. The Morgan fingerprint density at radius 1 is 1.06 bits per heavy atom. The number of nitrogens with two attached hydrogens (primary N) is 2. The second-order valence-electron chi connectivity index (χ2n) is 8.05. The summed E-state index contributed by atoms with van der Waals surface area (Å²) in [6, 6.07) is 14.3. The van der Waals surface area contributed by atoms with Crippen LogP contribution in [-0.2, 0) is 0 Å². The Morgan fingerprint density at radius 2 is 1.82 bits per heavy atom. The highest BCUT2D eigenvalue weighted by molar-refractivity contribution is 6.30. The molecule has 0 unspecified atom stereocenters. The number of guanidine groups is 1. The van der Waals surface area contributed by atoms with Crippen molar-refractivity contribution in [3.63, 3.8) is 0 Å². The number of nitrogens with one attached hydrogen (secondary N) is 1. The lowest BCUT2D eigenvalue weighted by atomic mass is 9.91. The van der Waals surface area contributed by atoms with Gasteiger partial charge in [-0.3, -0.25) is 4.99 Å². The van der Waals surface area contributed by atoms with Crippen LogP contribution in [0.1, 0.15) is 42.6 Å². The molecule has 0 bridgehead atoms. The summed E-state index contributed by atoms with van der Waals surface area (Å²) in [6.45, 7) is 2.08. The minimum absolute atomic E-state index is 0. The molecule has 1 saturated carbocycles. The number of aromatic nitrogens is 2. The highest BCUT2D eigenvalue weighted by atomic mass is 35.5. The third-order valence-electron chi connectivity index (χ3n) is 5.48. The first-order valence-electron chi connectivity index (χ1n) is 10.5. The number of rotatable bonds is 5. The Bertz CT molecular complexity index is 1130. The lowest BCUT2D eigenvalue weighted by Crippen LogP contribution is -2.32. The zero-order chi connectivity index (χ0) is 21.8. The number of hydrogen-bond acceptors (Lipinski definition) is 4. The van der Waals surface area contributed by atoms with Gasteiger partial charge in [0.15, 0.2) is 11.8 Å². The van der Waals surface area contributed by atoms with E-state index < -0.39 is 0 Å². The van der Waals surface area contributed by atoms with E-state index in [1.54, 1.807) is 0 Å². The molecule has 9 heteroatoms. The summed E-state index contributed by atoms with van der Waals surface area (Å²) in [5.74, 6) is 1.66. The first-order valence-corrected chi connectivity index (χ1v) is 10.9. The van der Waals surface area contributed by atoms with E-state index in [9.17, 15) is 0 Å². The van der Waals surface area contributed by atoms with Crippen molar-refractivity contribution in [2.24, 2.45) is 16.5 Å². The Balaban J connectivity index is 0.00000193. The third kappa shape index (κ3) is 7.22. The summed E-state index contributed by atoms with van der Waals surface area (Å²) in [4.78, 5) is 13.9. The van der Waals surface area contributed by atoms with Crippen LogP contribution in [0.5, 0.6) is 0 Å². The van der Waals surface area contributed by atoms with E-state index in [-0.39, 0.29) is 42.9 Å². The van der Waals surface area contributed by atoms with Gasteiger partial charge >= 0.3 is 0 Å². The number of nitrogens with zero attached hydrogens (tertiary/aromatic N) is 3. The van der Waals surface area contributed by atoms with Gasteiger partial charge < -0.3 is 16.8 Å². The van der Waals surface area contributed by atoms with E-state index in [1.807, 2.05) is 42.5 Å². The van der Waals surface area contributed by atoms with E-state index in [1.165, 1.54) is 5.56 Å². The molecule has 1 aromatic heterocycles. The van der Waals surface area contributed by atoms with Crippen molar-refractivity contribution < 1.29 is 0 Å². The van der Waals surface area contributed by atoms with E-state index in [2.05, 4.69) is 29.4 Å². The average molecular weight is 508 g/mol. The van der Waals surface area contributed by atoms with Gasteiger partial charge in [-0.1, -0.05) is 41.4 Å². The minimum atomic E-state index is 0. The van der Waals surface area contributed by atoms with Gasteiger partial charge in [-0.15, -0.1) is 24.8 Å². The van der Waals surface area contributed by atoms with Crippen molar-refractivity contribution in [3.05, 3.63) is 64.4 Å². The van der Waals surface area contributed by atoms with Crippen molar-refractivity contribution in [3.8, 4) is 0 Å². The van der Waals surface area contributed by atoms with Gasteiger partial charge in [0.05, 0.1) is 11.6 Å². The maximum Gasteiger partial charge on any atom is 0.186 e. The largest absolute Gasteiger partial charge is 0.370 e. The Kier molecular flexibility index (Phi) is 9.77. The van der Waals surface area contributed by atoms with Crippen LogP contribution in [-0.4, -0.2) is 28.0 Å². The zero-order valence-corrected chi connectivity index (χ0v) is 20.8. The number of benzene rings is 2. The molecule has 0 radical (unpaired) electrons. The van der Waals surface area contributed by atoms with Gasteiger partial charge in [0.25, 0.3) is 0 Å². The van der Waals surface area contributed by atoms with E-state index in [4.69, 9.17) is 33.0 Å². The molecule has 0 saturated heterocycles. The quantitative estimate of drug-likeness (QED) is 0.308. The van der Waals surface area contributed by atoms with Gasteiger partial charge in [0, 0.05) is 16.5 Å². The zero-order valence-electron chi connectivity index (χ0n) is 18.4. The lowest BCUT2D eigenvalue weighted by Gasteiger charge is -2.28. The van der Waals surface area contributed by atoms with Crippen molar-refractivity contribution in [2.75, 3.05) is 5.32 Å². The molecule has 0 aliphatic heterocycles. The molecular weight excluding hydrogens is 479 g/mol. The standard InChI is InChI=1S/C24H27ClN6.2ClH/c1-15-5-11-21-20(13-15)23(28-18-3-2-4-19(14-18)29-24(26)27)31-22(30-21)12-8-16-6-9-17(25)10-7-16;;/h5-13,18-19H,2-4,14H2,1H3,(H4,26,27,29)(H,28,30,31);2*1H/t18-,19+;;/m0../s1. The molecule has 2 aromatic carbocycles. The van der Waals surface area contributed by atoms with Crippen LogP contribution in [0.3, 0.4) is 0 Å². The number of hydrogen-bond donors (Lipinski definition) is 3. The molecule has 1 aliphatic carbocycles. The molecular formula is C24H29Cl3N6. The fourth-order valence-electron chi connectivity index (χ4n) is 4.01. The van der Waals surface area contributed by atoms with E-state index in [0.29, 0.717) is 10.8 Å². The van der Waals surface area contributed by atoms with Crippen LogP contribution < -0.4 is 16.8 Å². The predicted molar refractivity (Wildman–Crippen MR) is 145 cm³/mol. The molecule has 1 fully saturated rings. The molecule has 4 rings (SSSR count). The molecule has 1 aliphatic rings. The fourth-order valence-corrected chi connectivity index (χ4v) is 4.13. The number of aryl methyl sites for hydroxylation is 1. The summed E-state index contributed by atoms with van der Waals surface area (Å²) in [5, 5.41) is 5.38. The molecule has 33 heavy (non-hydrogen) atoms. The number of fused-ring (bicyclic) bond motifs is 1. The molecule has 176 valence electrons.